The Hall–Kier alpha value is -1.88. The molecular formula is C23H34N2O2. The van der Waals surface area contributed by atoms with Crippen molar-refractivity contribution >= 4 is 0 Å². The number of unbranched alkanes of at least 4 members (excludes halogenated alkanes) is 1. The van der Waals surface area contributed by atoms with Crippen molar-refractivity contribution in [2.45, 2.75) is 58.2 Å². The third kappa shape index (κ3) is 7.71. The van der Waals surface area contributed by atoms with Crippen LogP contribution in [-0.2, 0) is 19.4 Å². The largest absolute Gasteiger partial charge is 0.494 e. The van der Waals surface area contributed by atoms with Gasteiger partial charge in [0.15, 0.2) is 0 Å². The first kappa shape index (κ1) is 21.4. The average molecular weight is 371 g/mol. The summed E-state index contributed by atoms with van der Waals surface area (Å²) >= 11 is 0. The number of ether oxygens (including phenoxy) is 1. The topological polar surface area (TPSA) is 67.5 Å². The van der Waals surface area contributed by atoms with Gasteiger partial charge in [-0.3, -0.25) is 0 Å². The van der Waals surface area contributed by atoms with Crippen molar-refractivity contribution in [3.8, 4) is 5.75 Å². The number of aryl methyl sites for hydroxylation is 1. The predicted molar refractivity (Wildman–Crippen MR) is 112 cm³/mol. The van der Waals surface area contributed by atoms with E-state index in [2.05, 4.69) is 43.4 Å². The Kier molecular flexibility index (Phi) is 9.32. The van der Waals surface area contributed by atoms with Gasteiger partial charge in [0.1, 0.15) is 5.75 Å². The molecule has 2 aromatic rings. The van der Waals surface area contributed by atoms with Gasteiger partial charge in [-0.1, -0.05) is 56.7 Å². The fourth-order valence-corrected chi connectivity index (χ4v) is 2.94. The summed E-state index contributed by atoms with van der Waals surface area (Å²) in [5.74, 6) is 0.886. The number of hydrogen-bond donors (Lipinski definition) is 3. The van der Waals surface area contributed by atoms with Crippen LogP contribution in [0, 0.1) is 0 Å². The zero-order valence-electron chi connectivity index (χ0n) is 16.7. The van der Waals surface area contributed by atoms with Crippen molar-refractivity contribution in [3.63, 3.8) is 0 Å². The fraction of sp³-hybridized carbons (Fsp3) is 0.478. The number of benzene rings is 2. The summed E-state index contributed by atoms with van der Waals surface area (Å²) < 4.78 is 5.67. The number of aliphatic hydroxyl groups excluding tert-OH is 1. The second-order valence-electron chi connectivity index (χ2n) is 7.09. The van der Waals surface area contributed by atoms with Gasteiger partial charge in [-0.15, -0.1) is 0 Å². The maximum atomic E-state index is 10.3. The SMILES string of the molecule is CCCCOc1ccc(C[C@H](N)[C@H](O)CNCc2cccc(CC)c2)cc1. The monoisotopic (exact) mass is 370 g/mol. The van der Waals surface area contributed by atoms with Crippen LogP contribution in [0.4, 0.5) is 0 Å². The molecule has 0 spiro atoms. The summed E-state index contributed by atoms with van der Waals surface area (Å²) in [6.45, 7) is 6.27. The Morgan fingerprint density at radius 2 is 1.78 bits per heavy atom. The molecule has 0 aromatic heterocycles. The molecule has 0 fully saturated rings. The number of aliphatic hydroxyl groups is 1. The molecule has 0 aliphatic heterocycles. The van der Waals surface area contributed by atoms with Crippen molar-refractivity contribution < 1.29 is 9.84 Å². The van der Waals surface area contributed by atoms with Crippen molar-refractivity contribution in [2.75, 3.05) is 13.2 Å². The first-order valence-electron chi connectivity index (χ1n) is 10.1. The van der Waals surface area contributed by atoms with Gasteiger partial charge in [-0.25, -0.2) is 0 Å². The van der Waals surface area contributed by atoms with Gasteiger partial charge in [0.05, 0.1) is 12.7 Å². The molecule has 4 N–H and O–H groups in total. The van der Waals surface area contributed by atoms with Crippen LogP contribution in [0.15, 0.2) is 48.5 Å². The quantitative estimate of drug-likeness (QED) is 0.501. The minimum absolute atomic E-state index is 0.300. The third-order valence-corrected chi connectivity index (χ3v) is 4.74. The van der Waals surface area contributed by atoms with E-state index in [-0.39, 0.29) is 6.04 Å². The van der Waals surface area contributed by atoms with Gasteiger partial charge in [0.2, 0.25) is 0 Å². The second-order valence-corrected chi connectivity index (χ2v) is 7.09. The number of rotatable bonds is 12. The molecule has 0 heterocycles. The smallest absolute Gasteiger partial charge is 0.119 e. The Morgan fingerprint density at radius 1 is 1.04 bits per heavy atom. The average Bonchev–Trinajstić information content (AvgIpc) is 2.69. The van der Waals surface area contributed by atoms with Gasteiger partial charge >= 0.3 is 0 Å². The van der Waals surface area contributed by atoms with Crippen molar-refractivity contribution in [2.24, 2.45) is 5.73 Å². The molecule has 4 heteroatoms. The highest BCUT2D eigenvalue weighted by Crippen LogP contribution is 2.14. The van der Waals surface area contributed by atoms with Gasteiger partial charge in [-0.05, 0) is 48.1 Å². The molecule has 148 valence electrons. The first-order chi connectivity index (χ1) is 13.1. The molecule has 0 bridgehead atoms. The fourth-order valence-electron chi connectivity index (χ4n) is 2.94. The molecule has 0 aliphatic rings. The molecule has 2 rings (SSSR count). The van der Waals surface area contributed by atoms with Crippen molar-refractivity contribution in [1.29, 1.82) is 0 Å². The standard InChI is InChI=1S/C23H34N2O2/c1-3-5-13-27-21-11-9-19(10-12-21)15-22(24)23(26)17-25-16-20-8-6-7-18(4-2)14-20/h6-12,14,22-23,25-26H,3-5,13,15-17,24H2,1-2H3/t22-,23+/m0/s1. The maximum absolute atomic E-state index is 10.3. The molecule has 2 aromatic carbocycles. The van der Waals surface area contributed by atoms with Crippen LogP contribution in [0.1, 0.15) is 43.4 Å². The van der Waals surface area contributed by atoms with Gasteiger partial charge in [0.25, 0.3) is 0 Å². The molecule has 0 unspecified atom stereocenters. The van der Waals surface area contributed by atoms with E-state index >= 15 is 0 Å². The number of hydrogen-bond acceptors (Lipinski definition) is 4. The van der Waals surface area contributed by atoms with E-state index in [1.807, 2.05) is 24.3 Å². The molecule has 0 saturated heterocycles. The molecule has 0 saturated carbocycles. The minimum atomic E-state index is -0.583. The van der Waals surface area contributed by atoms with Gasteiger partial charge in [0, 0.05) is 19.1 Å². The van der Waals surface area contributed by atoms with E-state index in [0.29, 0.717) is 13.0 Å². The lowest BCUT2D eigenvalue weighted by Gasteiger charge is -2.20. The summed E-state index contributed by atoms with van der Waals surface area (Å²) in [6, 6.07) is 16.2. The molecule has 0 amide bonds. The van der Waals surface area contributed by atoms with Crippen LogP contribution in [0.5, 0.6) is 5.75 Å². The summed E-state index contributed by atoms with van der Waals surface area (Å²) in [4.78, 5) is 0. The van der Waals surface area contributed by atoms with E-state index in [0.717, 1.165) is 43.7 Å². The van der Waals surface area contributed by atoms with Gasteiger partial charge in [-0.2, -0.15) is 0 Å². The van der Waals surface area contributed by atoms with E-state index in [1.54, 1.807) is 0 Å². The third-order valence-electron chi connectivity index (χ3n) is 4.74. The van der Waals surface area contributed by atoms with Crippen LogP contribution in [0.3, 0.4) is 0 Å². The Morgan fingerprint density at radius 3 is 2.48 bits per heavy atom. The number of nitrogens with two attached hydrogens (primary N) is 1. The molecule has 0 radical (unpaired) electrons. The lowest BCUT2D eigenvalue weighted by molar-refractivity contribution is 0.141. The maximum Gasteiger partial charge on any atom is 0.119 e. The van der Waals surface area contributed by atoms with Crippen LogP contribution in [0.25, 0.3) is 0 Å². The molecule has 0 aliphatic carbocycles. The van der Waals surface area contributed by atoms with Crippen molar-refractivity contribution in [3.05, 3.63) is 65.2 Å². The highest BCUT2D eigenvalue weighted by molar-refractivity contribution is 5.28. The Balaban J connectivity index is 1.73. The highest BCUT2D eigenvalue weighted by Gasteiger charge is 2.15. The molecule has 4 nitrogen and oxygen atoms in total. The Bertz CT molecular complexity index is 658. The molecule has 27 heavy (non-hydrogen) atoms. The van der Waals surface area contributed by atoms with Crippen molar-refractivity contribution in [1.82, 2.24) is 5.32 Å². The molecular weight excluding hydrogens is 336 g/mol. The van der Waals surface area contributed by atoms with Crippen LogP contribution in [0.2, 0.25) is 0 Å². The second kappa shape index (κ2) is 11.8. The zero-order valence-corrected chi connectivity index (χ0v) is 16.7. The van der Waals surface area contributed by atoms with Crippen LogP contribution in [-0.4, -0.2) is 30.4 Å². The van der Waals surface area contributed by atoms with Crippen LogP contribution >= 0.6 is 0 Å². The lowest BCUT2D eigenvalue weighted by Crippen LogP contribution is -2.43. The lowest BCUT2D eigenvalue weighted by atomic mass is 10.0. The Labute approximate surface area is 163 Å². The van der Waals surface area contributed by atoms with Gasteiger partial charge < -0.3 is 20.9 Å². The van der Waals surface area contributed by atoms with E-state index in [9.17, 15) is 5.11 Å². The van der Waals surface area contributed by atoms with E-state index in [1.165, 1.54) is 11.1 Å². The highest BCUT2D eigenvalue weighted by atomic mass is 16.5. The van der Waals surface area contributed by atoms with Crippen LogP contribution < -0.4 is 15.8 Å². The summed E-state index contributed by atoms with van der Waals surface area (Å²) in [6.07, 6.45) is 3.28. The normalized spacial score (nSPS) is 13.3. The summed E-state index contributed by atoms with van der Waals surface area (Å²) in [5.41, 5.74) is 9.86. The summed E-state index contributed by atoms with van der Waals surface area (Å²) in [5, 5.41) is 13.7. The summed E-state index contributed by atoms with van der Waals surface area (Å²) in [7, 11) is 0. The minimum Gasteiger partial charge on any atom is -0.494 e. The number of nitrogens with one attached hydrogen (secondary N) is 1. The predicted octanol–water partition coefficient (Wildman–Crippen LogP) is 3.45. The van der Waals surface area contributed by atoms with E-state index < -0.39 is 6.10 Å². The molecule has 2 atom stereocenters. The first-order valence-corrected chi connectivity index (χ1v) is 10.1. The van der Waals surface area contributed by atoms with E-state index in [4.69, 9.17) is 10.5 Å². The zero-order chi connectivity index (χ0) is 19.5.